The minimum atomic E-state index is -1.30. The second-order valence-electron chi connectivity index (χ2n) is 6.46. The van der Waals surface area contributed by atoms with Crippen LogP contribution in [0.1, 0.15) is 27.2 Å². The van der Waals surface area contributed by atoms with Crippen LogP contribution in [-0.2, 0) is 19.2 Å². The van der Waals surface area contributed by atoms with Gasteiger partial charge < -0.3 is 31.9 Å². The number of carboxylic acid groups (broad SMARTS) is 1. The highest BCUT2D eigenvalue weighted by molar-refractivity contribution is 7.98. The SMILES string of the molecule is CSCCC(N)C(=O)NC(C(=O)NC(C(=O)NCC(=O)O)C(C)C)C(C)O. The van der Waals surface area contributed by atoms with Crippen LogP contribution in [-0.4, -0.2) is 76.7 Å². The van der Waals surface area contributed by atoms with Crippen molar-refractivity contribution in [3.05, 3.63) is 0 Å². The summed E-state index contributed by atoms with van der Waals surface area (Å²) in [6.45, 7) is 4.07. The maximum absolute atomic E-state index is 12.5. The third-order valence-corrected chi connectivity index (χ3v) is 4.34. The van der Waals surface area contributed by atoms with Crippen LogP contribution in [0, 0.1) is 5.92 Å². The lowest BCUT2D eigenvalue weighted by atomic mass is 10.0. The summed E-state index contributed by atoms with van der Waals surface area (Å²) < 4.78 is 0. The molecule has 27 heavy (non-hydrogen) atoms. The van der Waals surface area contributed by atoms with Crippen molar-refractivity contribution in [2.24, 2.45) is 11.7 Å². The van der Waals surface area contributed by atoms with E-state index in [1.165, 1.54) is 18.7 Å². The van der Waals surface area contributed by atoms with E-state index in [0.717, 1.165) is 0 Å². The molecule has 4 atom stereocenters. The van der Waals surface area contributed by atoms with E-state index in [2.05, 4.69) is 16.0 Å². The van der Waals surface area contributed by atoms with Gasteiger partial charge in [0.1, 0.15) is 18.6 Å². The lowest BCUT2D eigenvalue weighted by Crippen LogP contribution is -2.60. The molecule has 0 rings (SSSR count). The zero-order valence-electron chi connectivity index (χ0n) is 16.0. The van der Waals surface area contributed by atoms with E-state index in [0.29, 0.717) is 12.2 Å². The number of aliphatic hydroxyl groups excluding tert-OH is 1. The largest absolute Gasteiger partial charge is 0.480 e. The third-order valence-electron chi connectivity index (χ3n) is 3.69. The maximum Gasteiger partial charge on any atom is 0.322 e. The molecule has 7 N–H and O–H groups in total. The van der Waals surface area contributed by atoms with Crippen molar-refractivity contribution in [1.29, 1.82) is 0 Å². The summed E-state index contributed by atoms with van der Waals surface area (Å²) in [5, 5.41) is 25.5. The molecule has 0 heterocycles. The molecular formula is C16H30N4O6S. The number of amides is 3. The number of carbonyl (C=O) groups excluding carboxylic acids is 3. The fraction of sp³-hybridized carbons (Fsp3) is 0.750. The predicted octanol–water partition coefficient (Wildman–Crippen LogP) is -1.73. The Bertz CT molecular complexity index is 529. The van der Waals surface area contributed by atoms with Gasteiger partial charge in [0.05, 0.1) is 12.1 Å². The number of aliphatic carboxylic acids is 1. The van der Waals surface area contributed by atoms with Crippen molar-refractivity contribution in [2.45, 2.75) is 51.4 Å². The van der Waals surface area contributed by atoms with Gasteiger partial charge >= 0.3 is 5.97 Å². The fourth-order valence-corrected chi connectivity index (χ4v) is 2.58. The summed E-state index contributed by atoms with van der Waals surface area (Å²) in [6.07, 6.45) is 1.06. The predicted molar refractivity (Wildman–Crippen MR) is 102 cm³/mol. The third kappa shape index (κ3) is 9.59. The number of aliphatic hydroxyl groups is 1. The molecular weight excluding hydrogens is 376 g/mol. The Morgan fingerprint density at radius 2 is 1.56 bits per heavy atom. The van der Waals surface area contributed by atoms with Crippen LogP contribution in [0.15, 0.2) is 0 Å². The van der Waals surface area contributed by atoms with Gasteiger partial charge in [0.25, 0.3) is 0 Å². The van der Waals surface area contributed by atoms with Crippen LogP contribution < -0.4 is 21.7 Å². The van der Waals surface area contributed by atoms with Gasteiger partial charge in [0, 0.05) is 0 Å². The van der Waals surface area contributed by atoms with Gasteiger partial charge in [-0.25, -0.2) is 0 Å². The number of rotatable bonds is 12. The van der Waals surface area contributed by atoms with Crippen molar-refractivity contribution < 1.29 is 29.4 Å². The first kappa shape index (κ1) is 25.1. The summed E-state index contributed by atoms with van der Waals surface area (Å²) >= 11 is 1.53. The number of carboxylic acids is 1. The Morgan fingerprint density at radius 1 is 1.00 bits per heavy atom. The van der Waals surface area contributed by atoms with E-state index in [-0.39, 0.29) is 5.92 Å². The summed E-state index contributed by atoms with van der Waals surface area (Å²) in [7, 11) is 0. The smallest absolute Gasteiger partial charge is 0.322 e. The molecule has 0 fully saturated rings. The maximum atomic E-state index is 12.5. The van der Waals surface area contributed by atoms with Crippen LogP contribution in [0.4, 0.5) is 0 Å². The Balaban J connectivity index is 5.04. The van der Waals surface area contributed by atoms with Crippen LogP contribution in [0.5, 0.6) is 0 Å². The van der Waals surface area contributed by atoms with Crippen molar-refractivity contribution in [2.75, 3.05) is 18.6 Å². The average Bonchev–Trinajstić information content (AvgIpc) is 2.58. The first-order chi connectivity index (χ1) is 12.5. The Labute approximate surface area is 163 Å². The van der Waals surface area contributed by atoms with Gasteiger partial charge in [-0.2, -0.15) is 11.8 Å². The average molecular weight is 407 g/mol. The number of nitrogens with two attached hydrogens (primary N) is 1. The van der Waals surface area contributed by atoms with Crippen LogP contribution in [0.2, 0.25) is 0 Å². The van der Waals surface area contributed by atoms with Crippen molar-refractivity contribution in [3.63, 3.8) is 0 Å². The molecule has 0 radical (unpaired) electrons. The number of carbonyl (C=O) groups is 4. The van der Waals surface area contributed by atoms with E-state index >= 15 is 0 Å². The minimum Gasteiger partial charge on any atom is -0.480 e. The van der Waals surface area contributed by atoms with Gasteiger partial charge in [-0.1, -0.05) is 13.8 Å². The Hall–Kier alpha value is -1.85. The number of hydrogen-bond acceptors (Lipinski definition) is 7. The van der Waals surface area contributed by atoms with Crippen LogP contribution in [0.25, 0.3) is 0 Å². The van der Waals surface area contributed by atoms with Crippen molar-refractivity contribution in [1.82, 2.24) is 16.0 Å². The highest BCUT2D eigenvalue weighted by Gasteiger charge is 2.32. The molecule has 0 aliphatic carbocycles. The van der Waals surface area contributed by atoms with Gasteiger partial charge in [0.2, 0.25) is 17.7 Å². The summed E-state index contributed by atoms with van der Waals surface area (Å²) in [6, 6.07) is -3.15. The van der Waals surface area contributed by atoms with E-state index in [4.69, 9.17) is 10.8 Å². The molecule has 0 aromatic carbocycles. The van der Waals surface area contributed by atoms with E-state index in [1.54, 1.807) is 13.8 Å². The quantitative estimate of drug-likeness (QED) is 0.222. The van der Waals surface area contributed by atoms with Crippen molar-refractivity contribution in [3.8, 4) is 0 Å². The molecule has 0 aliphatic heterocycles. The zero-order chi connectivity index (χ0) is 21.1. The van der Waals surface area contributed by atoms with Gasteiger partial charge in [0.15, 0.2) is 0 Å². The molecule has 0 saturated carbocycles. The summed E-state index contributed by atoms with van der Waals surface area (Å²) in [4.78, 5) is 47.3. The topological polar surface area (TPSA) is 171 Å². The second-order valence-corrected chi connectivity index (χ2v) is 7.44. The highest BCUT2D eigenvalue weighted by atomic mass is 32.2. The standard InChI is InChI=1S/C16H30N4O6S/c1-8(2)12(15(25)18-7-11(22)23)19-16(26)13(9(3)21)20-14(24)10(17)5-6-27-4/h8-10,12-13,21H,5-7,17H2,1-4H3,(H,18,25)(H,19,26)(H,20,24)(H,22,23). The molecule has 0 aromatic heterocycles. The van der Waals surface area contributed by atoms with Crippen LogP contribution in [0.3, 0.4) is 0 Å². The molecule has 3 amide bonds. The lowest BCUT2D eigenvalue weighted by molar-refractivity contribution is -0.139. The lowest BCUT2D eigenvalue weighted by Gasteiger charge is -2.27. The van der Waals surface area contributed by atoms with Gasteiger partial charge in [-0.05, 0) is 31.3 Å². The first-order valence-corrected chi connectivity index (χ1v) is 9.93. The molecule has 4 unspecified atom stereocenters. The molecule has 0 bridgehead atoms. The zero-order valence-corrected chi connectivity index (χ0v) is 16.8. The number of thioether (sulfide) groups is 1. The molecule has 0 aromatic rings. The second kappa shape index (κ2) is 12.5. The number of nitrogens with one attached hydrogen (secondary N) is 3. The normalized spacial score (nSPS) is 15.4. The minimum absolute atomic E-state index is 0.350. The summed E-state index contributed by atoms with van der Waals surface area (Å²) in [5.41, 5.74) is 5.76. The monoisotopic (exact) mass is 406 g/mol. The Kier molecular flexibility index (Phi) is 11.7. The molecule has 0 aliphatic rings. The molecule has 11 heteroatoms. The first-order valence-electron chi connectivity index (χ1n) is 8.54. The van der Waals surface area contributed by atoms with Gasteiger partial charge in [-0.3, -0.25) is 19.2 Å². The van der Waals surface area contributed by atoms with E-state index < -0.39 is 54.5 Å². The van der Waals surface area contributed by atoms with E-state index in [9.17, 15) is 24.3 Å². The molecule has 10 nitrogen and oxygen atoms in total. The molecule has 156 valence electrons. The van der Waals surface area contributed by atoms with Gasteiger partial charge in [-0.15, -0.1) is 0 Å². The molecule has 0 saturated heterocycles. The van der Waals surface area contributed by atoms with E-state index in [1.807, 2.05) is 6.26 Å². The Morgan fingerprint density at radius 3 is 2.00 bits per heavy atom. The summed E-state index contributed by atoms with van der Waals surface area (Å²) in [5.74, 6) is -2.92. The fourth-order valence-electron chi connectivity index (χ4n) is 2.09. The van der Waals surface area contributed by atoms with Crippen molar-refractivity contribution >= 4 is 35.5 Å². The highest BCUT2D eigenvalue weighted by Crippen LogP contribution is 2.05. The molecule has 0 spiro atoms. The van der Waals surface area contributed by atoms with Crippen LogP contribution >= 0.6 is 11.8 Å². The number of hydrogen-bond donors (Lipinski definition) is 6.